The predicted octanol–water partition coefficient (Wildman–Crippen LogP) is 2.92. The summed E-state index contributed by atoms with van der Waals surface area (Å²) in [6.07, 6.45) is 5.65. The monoisotopic (exact) mass is 498 g/mol. The summed E-state index contributed by atoms with van der Waals surface area (Å²) in [7, 11) is 0. The van der Waals surface area contributed by atoms with E-state index in [2.05, 4.69) is 15.5 Å². The van der Waals surface area contributed by atoms with Gasteiger partial charge in [-0.05, 0) is 38.2 Å². The molecule has 1 fully saturated rings. The number of carbonyl (C=O) groups excluding carboxylic acids is 2. The summed E-state index contributed by atoms with van der Waals surface area (Å²) < 4.78 is 13.5. The summed E-state index contributed by atoms with van der Waals surface area (Å²) in [5, 5.41) is 11.7. The number of amides is 2. The van der Waals surface area contributed by atoms with Gasteiger partial charge in [0.25, 0.3) is 0 Å². The number of aromatic nitrogens is 3. The molecule has 0 saturated heterocycles. The van der Waals surface area contributed by atoms with Crippen molar-refractivity contribution >= 4 is 12.0 Å². The SMILES string of the molecule is CC(C)(N)C(=O)N[C@H](COCc1ccccc1)c1nnc2n1CCN(C(=O)OCC1CCCCC1)C2. The smallest absolute Gasteiger partial charge is 0.410 e. The summed E-state index contributed by atoms with van der Waals surface area (Å²) in [6.45, 7) is 5.70. The zero-order chi connectivity index (χ0) is 25.5. The molecule has 1 aromatic carbocycles. The van der Waals surface area contributed by atoms with Crippen molar-refractivity contribution in [1.82, 2.24) is 25.0 Å². The summed E-state index contributed by atoms with van der Waals surface area (Å²) in [5.74, 6) is 1.40. The van der Waals surface area contributed by atoms with Crippen molar-refractivity contribution in [2.24, 2.45) is 11.7 Å². The third-order valence-electron chi connectivity index (χ3n) is 6.81. The number of carbonyl (C=O) groups is 2. The molecule has 4 rings (SSSR count). The second kappa shape index (κ2) is 11.8. The van der Waals surface area contributed by atoms with Crippen LogP contribution >= 0.6 is 0 Å². The molecule has 1 atom stereocenters. The maximum Gasteiger partial charge on any atom is 0.410 e. The Bertz CT molecular complexity index is 1010. The maximum atomic E-state index is 12.7. The Balaban J connectivity index is 1.40. The molecule has 3 N–H and O–H groups in total. The minimum absolute atomic E-state index is 0.210. The fourth-order valence-electron chi connectivity index (χ4n) is 4.62. The molecule has 10 heteroatoms. The Morgan fingerprint density at radius 3 is 2.61 bits per heavy atom. The van der Waals surface area contributed by atoms with Crippen LogP contribution in [0.5, 0.6) is 0 Å². The van der Waals surface area contributed by atoms with Gasteiger partial charge in [-0.3, -0.25) is 9.69 Å². The Morgan fingerprint density at radius 2 is 1.89 bits per heavy atom. The molecule has 0 unspecified atom stereocenters. The van der Waals surface area contributed by atoms with Crippen molar-refractivity contribution in [3.05, 3.63) is 47.5 Å². The van der Waals surface area contributed by atoms with E-state index in [0.717, 1.165) is 18.4 Å². The van der Waals surface area contributed by atoms with Crippen LogP contribution in [0.3, 0.4) is 0 Å². The van der Waals surface area contributed by atoms with Crippen LogP contribution in [0.4, 0.5) is 4.79 Å². The van der Waals surface area contributed by atoms with E-state index in [9.17, 15) is 9.59 Å². The Kier molecular flexibility index (Phi) is 8.58. The number of nitrogens with one attached hydrogen (secondary N) is 1. The third kappa shape index (κ3) is 6.82. The minimum Gasteiger partial charge on any atom is -0.449 e. The number of benzene rings is 1. The molecular formula is C26H38N6O4. The molecule has 0 bridgehead atoms. The predicted molar refractivity (Wildman–Crippen MR) is 134 cm³/mol. The second-order valence-corrected chi connectivity index (χ2v) is 10.4. The summed E-state index contributed by atoms with van der Waals surface area (Å²) in [4.78, 5) is 27.0. The first-order chi connectivity index (χ1) is 17.3. The van der Waals surface area contributed by atoms with Gasteiger partial charge >= 0.3 is 6.09 Å². The molecule has 1 aromatic heterocycles. The largest absolute Gasteiger partial charge is 0.449 e. The van der Waals surface area contributed by atoms with Crippen molar-refractivity contribution in [3.8, 4) is 0 Å². The lowest BCUT2D eigenvalue weighted by molar-refractivity contribution is -0.126. The van der Waals surface area contributed by atoms with Crippen LogP contribution in [-0.4, -0.2) is 57.0 Å². The van der Waals surface area contributed by atoms with Gasteiger partial charge in [-0.25, -0.2) is 4.79 Å². The van der Waals surface area contributed by atoms with Gasteiger partial charge in [-0.1, -0.05) is 49.6 Å². The molecule has 0 spiro atoms. The van der Waals surface area contributed by atoms with Crippen LogP contribution in [0, 0.1) is 5.92 Å². The van der Waals surface area contributed by atoms with Gasteiger partial charge in [0.15, 0.2) is 11.6 Å². The number of nitrogens with zero attached hydrogens (tertiary/aromatic N) is 4. The third-order valence-corrected chi connectivity index (χ3v) is 6.81. The van der Waals surface area contributed by atoms with Gasteiger partial charge in [0, 0.05) is 13.1 Å². The van der Waals surface area contributed by atoms with Crippen LogP contribution in [-0.2, 0) is 34.0 Å². The molecule has 1 aliphatic heterocycles. The fourth-order valence-corrected chi connectivity index (χ4v) is 4.62. The minimum atomic E-state index is -1.05. The summed E-state index contributed by atoms with van der Waals surface area (Å²) >= 11 is 0. The average Bonchev–Trinajstić information content (AvgIpc) is 3.30. The van der Waals surface area contributed by atoms with Crippen LogP contribution in [0.15, 0.2) is 30.3 Å². The van der Waals surface area contributed by atoms with Gasteiger partial charge in [0.05, 0.1) is 31.9 Å². The van der Waals surface area contributed by atoms with E-state index in [1.807, 2.05) is 34.9 Å². The van der Waals surface area contributed by atoms with E-state index in [1.54, 1.807) is 18.7 Å². The van der Waals surface area contributed by atoms with E-state index in [4.69, 9.17) is 15.2 Å². The second-order valence-electron chi connectivity index (χ2n) is 10.4. The molecule has 2 amide bonds. The Hall–Kier alpha value is -2.98. The average molecular weight is 499 g/mol. The van der Waals surface area contributed by atoms with Crippen molar-refractivity contribution in [2.45, 2.75) is 77.2 Å². The lowest BCUT2D eigenvalue weighted by Crippen LogP contribution is -2.51. The fraction of sp³-hybridized carbons (Fsp3) is 0.615. The standard InChI is InChI=1S/C26H38N6O4/c1-26(2,27)24(33)28-21(18-35-16-19-9-5-3-6-10-19)23-30-29-22-15-31(13-14-32(22)23)25(34)36-17-20-11-7-4-8-12-20/h3,5-6,9-10,20-21H,4,7-8,11-18,27H2,1-2H3,(H,28,33)/t21-/m1/s1. The maximum absolute atomic E-state index is 12.7. The van der Waals surface area contributed by atoms with Gasteiger partial charge < -0.3 is 25.1 Å². The zero-order valence-corrected chi connectivity index (χ0v) is 21.3. The van der Waals surface area contributed by atoms with Gasteiger partial charge in [-0.15, -0.1) is 10.2 Å². The molecule has 1 aliphatic carbocycles. The van der Waals surface area contributed by atoms with Crippen molar-refractivity contribution in [2.75, 3.05) is 19.8 Å². The molecule has 36 heavy (non-hydrogen) atoms. The zero-order valence-electron chi connectivity index (χ0n) is 21.3. The van der Waals surface area contributed by atoms with Crippen LogP contribution < -0.4 is 11.1 Å². The lowest BCUT2D eigenvalue weighted by atomic mass is 9.90. The molecule has 196 valence electrons. The molecule has 1 saturated carbocycles. The van der Waals surface area contributed by atoms with E-state index in [0.29, 0.717) is 50.4 Å². The molecular weight excluding hydrogens is 460 g/mol. The lowest BCUT2D eigenvalue weighted by Gasteiger charge is -2.30. The van der Waals surface area contributed by atoms with Crippen molar-refractivity contribution in [1.29, 1.82) is 0 Å². The van der Waals surface area contributed by atoms with E-state index in [1.165, 1.54) is 19.3 Å². The Morgan fingerprint density at radius 1 is 1.14 bits per heavy atom. The number of hydrogen-bond acceptors (Lipinski definition) is 7. The van der Waals surface area contributed by atoms with Gasteiger partial charge in [-0.2, -0.15) is 0 Å². The normalized spacial score (nSPS) is 17.4. The van der Waals surface area contributed by atoms with E-state index >= 15 is 0 Å². The highest BCUT2D eigenvalue weighted by atomic mass is 16.6. The van der Waals surface area contributed by atoms with Crippen molar-refractivity contribution in [3.63, 3.8) is 0 Å². The number of nitrogens with two attached hydrogens (primary N) is 1. The first-order valence-electron chi connectivity index (χ1n) is 12.9. The molecule has 10 nitrogen and oxygen atoms in total. The quantitative estimate of drug-likeness (QED) is 0.545. The molecule has 2 heterocycles. The van der Waals surface area contributed by atoms with Crippen LogP contribution in [0.25, 0.3) is 0 Å². The number of hydrogen-bond donors (Lipinski definition) is 2. The molecule has 2 aromatic rings. The number of ether oxygens (including phenoxy) is 2. The highest BCUT2D eigenvalue weighted by Gasteiger charge is 2.32. The Labute approximate surface area is 212 Å². The van der Waals surface area contributed by atoms with Gasteiger partial charge in [0.2, 0.25) is 5.91 Å². The topological polar surface area (TPSA) is 125 Å². The highest BCUT2D eigenvalue weighted by Crippen LogP contribution is 2.24. The first-order valence-corrected chi connectivity index (χ1v) is 12.9. The van der Waals surface area contributed by atoms with Crippen LogP contribution in [0.1, 0.15) is 69.2 Å². The summed E-state index contributed by atoms with van der Waals surface area (Å²) in [6, 6.07) is 9.29. The van der Waals surface area contributed by atoms with Gasteiger partial charge in [0.1, 0.15) is 6.04 Å². The first kappa shape index (κ1) is 26.1. The molecule has 2 aliphatic rings. The number of fused-ring (bicyclic) bond motifs is 1. The van der Waals surface area contributed by atoms with Crippen LogP contribution in [0.2, 0.25) is 0 Å². The summed E-state index contributed by atoms with van der Waals surface area (Å²) in [5.41, 5.74) is 6.00. The van der Waals surface area contributed by atoms with Crippen molar-refractivity contribution < 1.29 is 19.1 Å². The number of rotatable bonds is 9. The van der Waals surface area contributed by atoms with E-state index < -0.39 is 11.6 Å². The van der Waals surface area contributed by atoms with E-state index in [-0.39, 0.29) is 18.6 Å². The highest BCUT2D eigenvalue weighted by molar-refractivity contribution is 5.85. The molecule has 0 radical (unpaired) electrons.